The van der Waals surface area contributed by atoms with Crippen LogP contribution in [0.25, 0.3) is 0 Å². The van der Waals surface area contributed by atoms with Gasteiger partial charge in [0.1, 0.15) is 0 Å². The number of rotatable bonds is 11. The molecule has 0 aliphatic carbocycles. The normalized spacial score (nSPS) is 19.3. The monoisotopic (exact) mass is 363 g/mol. The van der Waals surface area contributed by atoms with Gasteiger partial charge in [-0.25, -0.2) is 0 Å². The Hall–Kier alpha value is -1.80. The first-order chi connectivity index (χ1) is 12.5. The van der Waals surface area contributed by atoms with Crippen LogP contribution in [0.1, 0.15) is 65.2 Å². The predicted molar refractivity (Wildman–Crippen MR) is 102 cm³/mol. The molecule has 0 bridgehead atoms. The quantitative estimate of drug-likeness (QED) is 0.265. The van der Waals surface area contributed by atoms with Crippen molar-refractivity contribution in [3.8, 4) is 11.8 Å². The van der Waals surface area contributed by atoms with Gasteiger partial charge < -0.3 is 14.7 Å². The van der Waals surface area contributed by atoms with E-state index in [0.29, 0.717) is 19.3 Å². The highest BCUT2D eigenvalue weighted by molar-refractivity contribution is 5.79. The second kappa shape index (κ2) is 12.5. The Kier molecular flexibility index (Phi) is 10.7. The lowest BCUT2D eigenvalue weighted by Crippen LogP contribution is -2.33. The molecule has 1 aliphatic heterocycles. The maximum atomic E-state index is 12.1. The number of methoxy groups -OCH3 is 1. The third-order valence-electron chi connectivity index (χ3n) is 4.85. The third kappa shape index (κ3) is 8.05. The summed E-state index contributed by atoms with van der Waals surface area (Å²) in [5, 5.41) is 10.2. The summed E-state index contributed by atoms with van der Waals surface area (Å²) >= 11 is 0. The predicted octanol–water partition coefficient (Wildman–Crippen LogP) is 3.07. The van der Waals surface area contributed by atoms with Crippen molar-refractivity contribution in [2.24, 2.45) is 5.92 Å². The maximum Gasteiger partial charge on any atom is 0.305 e. The molecule has 0 radical (unpaired) electrons. The van der Waals surface area contributed by atoms with Crippen molar-refractivity contribution in [2.45, 2.75) is 77.4 Å². The van der Waals surface area contributed by atoms with Gasteiger partial charge >= 0.3 is 5.97 Å². The SMILES string of the molecule is CC#CCC(C)[C@H](O)/C=C/C1CCC(=O)N1CCCCCCC(=O)OC. The molecule has 3 atom stereocenters. The molecule has 0 aromatic heterocycles. The lowest BCUT2D eigenvalue weighted by atomic mass is 10.00. The average molecular weight is 363 g/mol. The van der Waals surface area contributed by atoms with Crippen molar-refractivity contribution >= 4 is 11.9 Å². The van der Waals surface area contributed by atoms with Gasteiger partial charge in [-0.2, -0.15) is 0 Å². The summed E-state index contributed by atoms with van der Waals surface area (Å²) in [5.41, 5.74) is 0. The average Bonchev–Trinajstić information content (AvgIpc) is 2.99. The van der Waals surface area contributed by atoms with E-state index in [0.717, 1.165) is 38.6 Å². The summed E-state index contributed by atoms with van der Waals surface area (Å²) in [5.74, 6) is 5.94. The number of aliphatic hydroxyl groups excluding tert-OH is 1. The van der Waals surface area contributed by atoms with Crippen LogP contribution in [0.3, 0.4) is 0 Å². The molecule has 2 unspecified atom stereocenters. The van der Waals surface area contributed by atoms with Gasteiger partial charge in [0.15, 0.2) is 0 Å². The van der Waals surface area contributed by atoms with E-state index in [-0.39, 0.29) is 23.8 Å². The number of carbonyl (C=O) groups excluding carboxylic acids is 2. The van der Waals surface area contributed by atoms with Gasteiger partial charge in [-0.15, -0.1) is 11.8 Å². The van der Waals surface area contributed by atoms with E-state index in [9.17, 15) is 14.7 Å². The summed E-state index contributed by atoms with van der Waals surface area (Å²) in [6, 6.07) is 0.0803. The van der Waals surface area contributed by atoms with E-state index in [1.165, 1.54) is 7.11 Å². The summed E-state index contributed by atoms with van der Waals surface area (Å²) in [4.78, 5) is 25.1. The Labute approximate surface area is 157 Å². The lowest BCUT2D eigenvalue weighted by Gasteiger charge is -2.23. The van der Waals surface area contributed by atoms with Gasteiger partial charge in [-0.05, 0) is 32.1 Å². The molecule has 0 saturated carbocycles. The first kappa shape index (κ1) is 22.2. The molecule has 5 heteroatoms. The van der Waals surface area contributed by atoms with Crippen molar-refractivity contribution in [3.63, 3.8) is 0 Å². The van der Waals surface area contributed by atoms with Gasteiger partial charge in [-0.1, -0.05) is 31.9 Å². The number of ether oxygens (including phenoxy) is 1. The zero-order chi connectivity index (χ0) is 19.4. The van der Waals surface area contributed by atoms with Gasteiger partial charge in [0.2, 0.25) is 5.91 Å². The molecule has 1 aliphatic rings. The number of unbranched alkanes of at least 4 members (excludes halogenated alkanes) is 3. The lowest BCUT2D eigenvalue weighted by molar-refractivity contribution is -0.140. The van der Waals surface area contributed by atoms with Crippen LogP contribution in [0.15, 0.2) is 12.2 Å². The Morgan fingerprint density at radius 1 is 1.38 bits per heavy atom. The molecule has 0 spiro atoms. The standard InChI is InChI=1S/C21H33NO4/c1-4-5-10-17(2)19(23)14-12-18-13-15-20(24)22(18)16-9-7-6-8-11-21(25)26-3/h12,14,17-19,23H,6-11,13,15-16H2,1-3H3/b14-12+/t17?,18?,19-/m1/s1. The van der Waals surface area contributed by atoms with Crippen molar-refractivity contribution in [1.82, 2.24) is 4.90 Å². The first-order valence-electron chi connectivity index (χ1n) is 9.61. The van der Waals surface area contributed by atoms with E-state index in [4.69, 9.17) is 0 Å². The molecule has 1 amide bonds. The molecule has 1 rings (SSSR count). The van der Waals surface area contributed by atoms with E-state index >= 15 is 0 Å². The van der Waals surface area contributed by atoms with Crippen molar-refractivity contribution in [1.29, 1.82) is 0 Å². The first-order valence-corrected chi connectivity index (χ1v) is 9.61. The molecule has 1 saturated heterocycles. The fraction of sp³-hybridized carbons (Fsp3) is 0.714. The van der Waals surface area contributed by atoms with Crippen molar-refractivity contribution in [3.05, 3.63) is 12.2 Å². The minimum atomic E-state index is -0.535. The second-order valence-electron chi connectivity index (χ2n) is 6.92. The van der Waals surface area contributed by atoms with E-state index < -0.39 is 6.10 Å². The van der Waals surface area contributed by atoms with Gasteiger partial charge in [-0.3, -0.25) is 9.59 Å². The van der Waals surface area contributed by atoms with Gasteiger partial charge in [0, 0.05) is 25.8 Å². The number of nitrogens with zero attached hydrogens (tertiary/aromatic N) is 1. The number of carbonyl (C=O) groups is 2. The summed E-state index contributed by atoms with van der Waals surface area (Å²) in [7, 11) is 1.41. The van der Waals surface area contributed by atoms with Crippen LogP contribution in [0.2, 0.25) is 0 Å². The minimum Gasteiger partial charge on any atom is -0.469 e. The third-order valence-corrected chi connectivity index (χ3v) is 4.85. The molecule has 1 fully saturated rings. The fourth-order valence-corrected chi connectivity index (χ4v) is 3.07. The summed E-state index contributed by atoms with van der Waals surface area (Å²) in [6.45, 7) is 4.51. The number of amides is 1. The molecule has 1 N–H and O–H groups in total. The highest BCUT2D eigenvalue weighted by Gasteiger charge is 2.28. The van der Waals surface area contributed by atoms with Gasteiger partial charge in [0.25, 0.3) is 0 Å². The number of hydrogen-bond acceptors (Lipinski definition) is 4. The molecule has 0 aromatic rings. The van der Waals surface area contributed by atoms with Crippen LogP contribution >= 0.6 is 0 Å². The molecule has 0 aromatic carbocycles. The zero-order valence-corrected chi connectivity index (χ0v) is 16.4. The highest BCUT2D eigenvalue weighted by atomic mass is 16.5. The number of aliphatic hydroxyl groups is 1. The van der Waals surface area contributed by atoms with E-state index in [2.05, 4.69) is 16.6 Å². The van der Waals surface area contributed by atoms with Crippen LogP contribution in [0, 0.1) is 17.8 Å². The topological polar surface area (TPSA) is 66.8 Å². The highest BCUT2D eigenvalue weighted by Crippen LogP contribution is 2.21. The molecule has 146 valence electrons. The summed E-state index contributed by atoms with van der Waals surface area (Å²) in [6.07, 6.45) is 9.49. The molecule has 26 heavy (non-hydrogen) atoms. The van der Waals surface area contributed by atoms with Crippen LogP contribution in [0.5, 0.6) is 0 Å². The molecular weight excluding hydrogens is 330 g/mol. The van der Waals surface area contributed by atoms with Crippen LogP contribution in [-0.4, -0.2) is 47.7 Å². The Bertz CT molecular complexity index is 532. The van der Waals surface area contributed by atoms with Crippen LogP contribution in [-0.2, 0) is 14.3 Å². The Morgan fingerprint density at radius 2 is 2.12 bits per heavy atom. The summed E-state index contributed by atoms with van der Waals surface area (Å²) < 4.78 is 4.62. The minimum absolute atomic E-state index is 0.0803. The number of hydrogen-bond donors (Lipinski definition) is 1. The van der Waals surface area contributed by atoms with Crippen LogP contribution < -0.4 is 0 Å². The Morgan fingerprint density at radius 3 is 2.81 bits per heavy atom. The van der Waals surface area contributed by atoms with E-state index in [1.54, 1.807) is 6.92 Å². The number of likely N-dealkylation sites (tertiary alicyclic amines) is 1. The number of esters is 1. The fourth-order valence-electron chi connectivity index (χ4n) is 3.07. The van der Waals surface area contributed by atoms with Crippen LogP contribution in [0.4, 0.5) is 0 Å². The van der Waals surface area contributed by atoms with E-state index in [1.807, 2.05) is 24.0 Å². The zero-order valence-electron chi connectivity index (χ0n) is 16.4. The van der Waals surface area contributed by atoms with Gasteiger partial charge in [0.05, 0.1) is 19.3 Å². The maximum absolute atomic E-state index is 12.1. The van der Waals surface area contributed by atoms with Crippen molar-refractivity contribution in [2.75, 3.05) is 13.7 Å². The Balaban J connectivity index is 2.36. The molecule has 1 heterocycles. The molecule has 5 nitrogen and oxygen atoms in total. The second-order valence-corrected chi connectivity index (χ2v) is 6.92. The smallest absolute Gasteiger partial charge is 0.305 e. The largest absolute Gasteiger partial charge is 0.469 e. The molecular formula is C21H33NO4. The van der Waals surface area contributed by atoms with Crippen molar-refractivity contribution < 1.29 is 19.4 Å².